The zero-order valence-electron chi connectivity index (χ0n) is 11.6. The largest absolute Gasteiger partial charge is 0.317 e. The number of thiophene rings is 1. The maximum Gasteiger partial charge on any atom is 0.224 e. The number of hydrogen-bond donors (Lipinski definition) is 1. The van der Waals surface area contributed by atoms with Crippen LogP contribution in [-0.2, 0) is 17.6 Å². The van der Waals surface area contributed by atoms with Crippen LogP contribution >= 0.6 is 11.3 Å². The Labute approximate surface area is 118 Å². The summed E-state index contributed by atoms with van der Waals surface area (Å²) in [6.45, 7) is 4.20. The molecule has 4 heteroatoms. The molecule has 3 nitrogen and oxygen atoms in total. The van der Waals surface area contributed by atoms with Crippen molar-refractivity contribution in [3.05, 3.63) is 16.0 Å². The van der Waals surface area contributed by atoms with Crippen LogP contribution in [0.25, 0.3) is 0 Å². The topological polar surface area (TPSA) is 52.9 Å². The van der Waals surface area contributed by atoms with Crippen molar-refractivity contribution in [1.82, 2.24) is 0 Å². The van der Waals surface area contributed by atoms with Crippen LogP contribution in [0.4, 0.5) is 5.00 Å². The fraction of sp³-hybridized carbons (Fsp3) is 0.600. The van der Waals surface area contributed by atoms with Crippen LogP contribution in [0.2, 0.25) is 0 Å². The van der Waals surface area contributed by atoms with Gasteiger partial charge in [0.15, 0.2) is 0 Å². The van der Waals surface area contributed by atoms with Gasteiger partial charge in [-0.25, -0.2) is 0 Å². The second kappa shape index (κ2) is 6.21. The molecule has 1 N–H and O–H groups in total. The summed E-state index contributed by atoms with van der Waals surface area (Å²) in [7, 11) is 0. The van der Waals surface area contributed by atoms with Gasteiger partial charge < -0.3 is 5.32 Å². The van der Waals surface area contributed by atoms with Crippen LogP contribution in [0, 0.1) is 17.2 Å². The fourth-order valence-corrected chi connectivity index (χ4v) is 3.95. The second-order valence-corrected chi connectivity index (χ2v) is 6.24. The summed E-state index contributed by atoms with van der Waals surface area (Å²) in [6, 6.07) is 2.28. The van der Waals surface area contributed by atoms with Gasteiger partial charge in [0.1, 0.15) is 11.1 Å². The van der Waals surface area contributed by atoms with Crippen LogP contribution in [-0.4, -0.2) is 5.91 Å². The molecule has 102 valence electrons. The number of nitrogens with one attached hydrogen (secondary N) is 1. The first kappa shape index (κ1) is 14.1. The van der Waals surface area contributed by atoms with Crippen molar-refractivity contribution in [1.29, 1.82) is 5.26 Å². The van der Waals surface area contributed by atoms with Gasteiger partial charge in [0.25, 0.3) is 0 Å². The van der Waals surface area contributed by atoms with Gasteiger partial charge in [-0.3, -0.25) is 4.79 Å². The van der Waals surface area contributed by atoms with E-state index in [1.165, 1.54) is 16.9 Å². The Morgan fingerprint density at radius 3 is 2.95 bits per heavy atom. The summed E-state index contributed by atoms with van der Waals surface area (Å²) in [5.41, 5.74) is 1.89. The van der Waals surface area contributed by atoms with Gasteiger partial charge in [-0.2, -0.15) is 5.26 Å². The highest BCUT2D eigenvalue weighted by atomic mass is 32.1. The lowest BCUT2D eigenvalue weighted by molar-refractivity contribution is -0.116. The molecular weight excluding hydrogens is 256 g/mol. The zero-order valence-corrected chi connectivity index (χ0v) is 12.4. The first-order valence-corrected chi connectivity index (χ1v) is 7.85. The van der Waals surface area contributed by atoms with E-state index in [0.29, 0.717) is 12.0 Å². The minimum absolute atomic E-state index is 0.0182. The standard InChI is InChI=1S/C15H20N2OS/c1-3-5-14(18)17-15-12(9-16)11-7-6-10(4-2)8-13(11)19-15/h10H,3-8H2,1-2H3,(H,17,18). The number of nitriles is 1. The van der Waals surface area contributed by atoms with E-state index in [0.717, 1.165) is 36.6 Å². The average molecular weight is 276 g/mol. The molecule has 1 atom stereocenters. The summed E-state index contributed by atoms with van der Waals surface area (Å²) in [4.78, 5) is 13.0. The van der Waals surface area contributed by atoms with Gasteiger partial charge in [-0.1, -0.05) is 20.3 Å². The number of nitrogens with zero attached hydrogens (tertiary/aromatic N) is 1. The summed E-state index contributed by atoms with van der Waals surface area (Å²) >= 11 is 1.61. The molecule has 0 spiro atoms. The first-order valence-electron chi connectivity index (χ1n) is 7.04. The van der Waals surface area contributed by atoms with E-state index in [9.17, 15) is 10.1 Å². The lowest BCUT2D eigenvalue weighted by Gasteiger charge is -2.20. The minimum atomic E-state index is 0.0182. The number of fused-ring (bicyclic) bond motifs is 1. The molecule has 0 aromatic carbocycles. The zero-order chi connectivity index (χ0) is 13.8. The molecule has 1 amide bonds. The second-order valence-electron chi connectivity index (χ2n) is 5.13. The Bertz CT molecular complexity index is 513. The summed E-state index contributed by atoms with van der Waals surface area (Å²) in [6.07, 6.45) is 5.75. The molecule has 0 saturated carbocycles. The highest BCUT2D eigenvalue weighted by Gasteiger charge is 2.25. The minimum Gasteiger partial charge on any atom is -0.317 e. The van der Waals surface area contributed by atoms with Gasteiger partial charge in [0.2, 0.25) is 5.91 Å². The molecular formula is C15H20N2OS. The highest BCUT2D eigenvalue weighted by Crippen LogP contribution is 2.39. The van der Waals surface area contributed by atoms with Crippen LogP contribution in [0.3, 0.4) is 0 Å². The number of carbonyl (C=O) groups is 1. The summed E-state index contributed by atoms with van der Waals surface area (Å²) in [5.74, 6) is 0.751. The number of anilines is 1. The SMILES string of the molecule is CCCC(=O)Nc1sc2c(c1C#N)CCC(CC)C2. The normalized spacial score (nSPS) is 17.6. The lowest BCUT2D eigenvalue weighted by Crippen LogP contribution is -2.12. The third-order valence-electron chi connectivity index (χ3n) is 3.79. The van der Waals surface area contributed by atoms with Crippen LogP contribution in [0.5, 0.6) is 0 Å². The predicted molar refractivity (Wildman–Crippen MR) is 78.4 cm³/mol. The molecule has 0 saturated heterocycles. The molecule has 0 aliphatic heterocycles. The maximum absolute atomic E-state index is 11.7. The van der Waals surface area contributed by atoms with Gasteiger partial charge in [-0.15, -0.1) is 11.3 Å². The van der Waals surface area contributed by atoms with Crippen LogP contribution in [0.15, 0.2) is 0 Å². The predicted octanol–water partition coefficient (Wildman–Crippen LogP) is 3.87. The monoisotopic (exact) mass is 276 g/mol. The van der Waals surface area contributed by atoms with Crippen LogP contribution < -0.4 is 5.32 Å². The molecule has 1 aromatic heterocycles. The smallest absolute Gasteiger partial charge is 0.224 e. The van der Waals surface area contributed by atoms with Crippen LogP contribution in [0.1, 0.15) is 55.5 Å². The Morgan fingerprint density at radius 2 is 2.32 bits per heavy atom. The van der Waals surface area contributed by atoms with E-state index in [-0.39, 0.29) is 5.91 Å². The lowest BCUT2D eigenvalue weighted by atomic mass is 9.86. The number of carbonyl (C=O) groups excluding carboxylic acids is 1. The molecule has 1 aliphatic rings. The quantitative estimate of drug-likeness (QED) is 0.907. The Balaban J connectivity index is 2.24. The van der Waals surface area contributed by atoms with Crippen molar-refractivity contribution in [3.63, 3.8) is 0 Å². The van der Waals surface area contributed by atoms with Gasteiger partial charge in [0.05, 0.1) is 5.56 Å². The number of rotatable bonds is 4. The van der Waals surface area contributed by atoms with Crippen molar-refractivity contribution in [2.24, 2.45) is 5.92 Å². The van der Waals surface area contributed by atoms with E-state index < -0.39 is 0 Å². The van der Waals surface area contributed by atoms with E-state index in [4.69, 9.17) is 0 Å². The van der Waals surface area contributed by atoms with E-state index in [1.807, 2.05) is 6.92 Å². The molecule has 1 unspecified atom stereocenters. The average Bonchev–Trinajstić information content (AvgIpc) is 2.74. The van der Waals surface area contributed by atoms with Gasteiger partial charge in [0, 0.05) is 11.3 Å². The molecule has 19 heavy (non-hydrogen) atoms. The molecule has 0 radical (unpaired) electrons. The number of hydrogen-bond acceptors (Lipinski definition) is 3. The molecule has 2 rings (SSSR count). The first-order chi connectivity index (χ1) is 9.19. The van der Waals surface area contributed by atoms with E-state index in [1.54, 1.807) is 11.3 Å². The van der Waals surface area contributed by atoms with Crippen molar-refractivity contribution in [3.8, 4) is 6.07 Å². The van der Waals surface area contributed by atoms with Gasteiger partial charge >= 0.3 is 0 Å². The Morgan fingerprint density at radius 1 is 1.53 bits per heavy atom. The fourth-order valence-electron chi connectivity index (χ4n) is 2.63. The van der Waals surface area contributed by atoms with E-state index >= 15 is 0 Å². The van der Waals surface area contributed by atoms with Crippen molar-refractivity contribution in [2.75, 3.05) is 5.32 Å². The number of amides is 1. The van der Waals surface area contributed by atoms with Crippen molar-refractivity contribution >= 4 is 22.2 Å². The molecule has 0 fully saturated rings. The van der Waals surface area contributed by atoms with Gasteiger partial charge in [-0.05, 0) is 37.2 Å². The van der Waals surface area contributed by atoms with E-state index in [2.05, 4.69) is 18.3 Å². The maximum atomic E-state index is 11.7. The molecule has 1 aromatic rings. The van der Waals surface area contributed by atoms with Crippen molar-refractivity contribution < 1.29 is 4.79 Å². The highest BCUT2D eigenvalue weighted by molar-refractivity contribution is 7.16. The third kappa shape index (κ3) is 2.98. The molecule has 1 heterocycles. The third-order valence-corrected chi connectivity index (χ3v) is 4.96. The van der Waals surface area contributed by atoms with Crippen molar-refractivity contribution in [2.45, 2.75) is 52.4 Å². The molecule has 0 bridgehead atoms. The summed E-state index contributed by atoms with van der Waals surface area (Å²) in [5, 5.41) is 13.0. The Hall–Kier alpha value is -1.34. The Kier molecular flexibility index (Phi) is 4.60. The summed E-state index contributed by atoms with van der Waals surface area (Å²) < 4.78 is 0. The molecule has 1 aliphatic carbocycles.